The fourth-order valence-corrected chi connectivity index (χ4v) is 2.62. The highest BCUT2D eigenvalue weighted by Gasteiger charge is 2.15. The Kier molecular flexibility index (Phi) is 4.65. The minimum absolute atomic E-state index is 0.256. The van der Waals surface area contributed by atoms with Gasteiger partial charge in [-0.25, -0.2) is 0 Å². The quantitative estimate of drug-likeness (QED) is 0.745. The lowest BCUT2D eigenvalue weighted by Crippen LogP contribution is -2.11. The highest BCUT2D eigenvalue weighted by Crippen LogP contribution is 2.22. The van der Waals surface area contributed by atoms with Crippen LogP contribution in [0.15, 0.2) is 63.6 Å². The maximum absolute atomic E-state index is 6.16. The molecule has 0 aliphatic rings. The van der Waals surface area contributed by atoms with E-state index in [1.165, 1.54) is 5.56 Å². The van der Waals surface area contributed by atoms with Crippen molar-refractivity contribution in [3.63, 3.8) is 0 Å². The molecule has 3 aromatic rings. The van der Waals surface area contributed by atoms with Crippen LogP contribution in [-0.2, 0) is 6.42 Å². The van der Waals surface area contributed by atoms with Gasteiger partial charge in [0.1, 0.15) is 0 Å². The van der Waals surface area contributed by atoms with Crippen LogP contribution in [0.25, 0.3) is 11.4 Å². The Labute approximate surface area is 137 Å². The lowest BCUT2D eigenvalue weighted by atomic mass is 10.1. The molecule has 0 aliphatic heterocycles. The van der Waals surface area contributed by atoms with Gasteiger partial charge >= 0.3 is 0 Å². The maximum atomic E-state index is 6.16. The first-order valence-corrected chi connectivity index (χ1v) is 7.91. The minimum Gasteiger partial charge on any atom is -0.337 e. The zero-order valence-corrected chi connectivity index (χ0v) is 13.5. The number of rotatable bonds is 5. The van der Waals surface area contributed by atoms with E-state index >= 15 is 0 Å². The summed E-state index contributed by atoms with van der Waals surface area (Å²) in [4.78, 5) is 4.41. The number of hydrogen-bond donors (Lipinski definition) is 1. The van der Waals surface area contributed by atoms with Crippen molar-refractivity contribution >= 4 is 15.9 Å². The van der Waals surface area contributed by atoms with Crippen LogP contribution in [0.5, 0.6) is 0 Å². The molecule has 22 heavy (non-hydrogen) atoms. The predicted molar refractivity (Wildman–Crippen MR) is 89.1 cm³/mol. The summed E-state index contributed by atoms with van der Waals surface area (Å²) in [5.41, 5.74) is 8.32. The predicted octanol–water partition coefficient (Wildman–Crippen LogP) is 4.13. The third-order valence-electron chi connectivity index (χ3n) is 3.43. The average molecular weight is 358 g/mol. The van der Waals surface area contributed by atoms with Gasteiger partial charge in [-0.05, 0) is 30.5 Å². The van der Waals surface area contributed by atoms with Crippen LogP contribution < -0.4 is 5.73 Å². The van der Waals surface area contributed by atoms with E-state index in [1.54, 1.807) is 0 Å². The largest absolute Gasteiger partial charge is 0.337 e. The molecule has 0 saturated carbocycles. The van der Waals surface area contributed by atoms with E-state index in [2.05, 4.69) is 38.2 Å². The first-order valence-electron chi connectivity index (χ1n) is 7.11. The molecule has 0 amide bonds. The molecule has 4 nitrogen and oxygen atoms in total. The normalized spacial score (nSPS) is 12.3. The van der Waals surface area contributed by atoms with E-state index in [9.17, 15) is 0 Å². The number of aromatic nitrogens is 2. The molecule has 2 aromatic carbocycles. The highest BCUT2D eigenvalue weighted by atomic mass is 79.9. The monoisotopic (exact) mass is 357 g/mol. The van der Waals surface area contributed by atoms with Gasteiger partial charge in [-0.3, -0.25) is 0 Å². The number of nitrogens with zero attached hydrogens (tertiary/aromatic N) is 2. The van der Waals surface area contributed by atoms with Gasteiger partial charge in [0.25, 0.3) is 0 Å². The molecule has 0 fully saturated rings. The van der Waals surface area contributed by atoms with Crippen LogP contribution in [0, 0.1) is 0 Å². The Bertz CT molecular complexity index is 742. The summed E-state index contributed by atoms with van der Waals surface area (Å²) < 4.78 is 6.28. The van der Waals surface area contributed by atoms with E-state index in [1.807, 2.05) is 42.5 Å². The molecule has 3 rings (SSSR count). The standard InChI is InChI=1S/C17H16BrN3O/c18-14-8-4-7-13(11-14)16-20-17(22-21-16)15(19)10-9-12-5-2-1-3-6-12/h1-8,11,15H,9-10,19H2/t15-/m1/s1. The lowest BCUT2D eigenvalue weighted by Gasteiger charge is -2.06. The number of aryl methyl sites for hydroxylation is 1. The fraction of sp³-hybridized carbons (Fsp3) is 0.176. The van der Waals surface area contributed by atoms with Crippen LogP contribution in [-0.4, -0.2) is 10.1 Å². The van der Waals surface area contributed by atoms with E-state index < -0.39 is 0 Å². The molecule has 5 heteroatoms. The molecule has 0 bridgehead atoms. The van der Waals surface area contributed by atoms with Crippen LogP contribution >= 0.6 is 15.9 Å². The number of benzene rings is 2. The van der Waals surface area contributed by atoms with Gasteiger partial charge in [0.2, 0.25) is 11.7 Å². The number of halogens is 1. The Morgan fingerprint density at radius 1 is 1.09 bits per heavy atom. The molecule has 0 aliphatic carbocycles. The van der Waals surface area contributed by atoms with Gasteiger partial charge in [-0.1, -0.05) is 63.6 Å². The zero-order valence-electron chi connectivity index (χ0n) is 11.9. The van der Waals surface area contributed by atoms with Crippen molar-refractivity contribution in [1.82, 2.24) is 10.1 Å². The smallest absolute Gasteiger partial charge is 0.243 e. The summed E-state index contributed by atoms with van der Waals surface area (Å²) in [7, 11) is 0. The van der Waals surface area contributed by atoms with Crippen molar-refractivity contribution < 1.29 is 4.52 Å². The summed E-state index contributed by atoms with van der Waals surface area (Å²) in [6.45, 7) is 0. The third kappa shape index (κ3) is 3.61. The SMILES string of the molecule is N[C@H](CCc1ccccc1)c1nc(-c2cccc(Br)c2)no1. The van der Waals surface area contributed by atoms with Gasteiger partial charge in [0.05, 0.1) is 6.04 Å². The number of nitrogens with two attached hydrogens (primary N) is 1. The summed E-state index contributed by atoms with van der Waals surface area (Å²) in [6, 6.07) is 17.8. The Morgan fingerprint density at radius 2 is 1.91 bits per heavy atom. The molecule has 2 N–H and O–H groups in total. The molecule has 1 atom stereocenters. The molecule has 112 valence electrons. The first kappa shape index (κ1) is 14.9. The van der Waals surface area contributed by atoms with Crippen molar-refractivity contribution in [1.29, 1.82) is 0 Å². The van der Waals surface area contributed by atoms with E-state index in [0.29, 0.717) is 11.7 Å². The van der Waals surface area contributed by atoms with Gasteiger partial charge in [-0.15, -0.1) is 0 Å². The average Bonchev–Trinajstić information content (AvgIpc) is 3.04. The van der Waals surface area contributed by atoms with Crippen molar-refractivity contribution in [3.8, 4) is 11.4 Å². The van der Waals surface area contributed by atoms with E-state index in [4.69, 9.17) is 10.3 Å². The third-order valence-corrected chi connectivity index (χ3v) is 3.92. The van der Waals surface area contributed by atoms with Crippen molar-refractivity contribution in [2.75, 3.05) is 0 Å². The van der Waals surface area contributed by atoms with Crippen molar-refractivity contribution in [3.05, 3.63) is 70.5 Å². The molecular weight excluding hydrogens is 342 g/mol. The zero-order chi connectivity index (χ0) is 15.4. The first-order chi connectivity index (χ1) is 10.7. The Morgan fingerprint density at radius 3 is 2.68 bits per heavy atom. The lowest BCUT2D eigenvalue weighted by molar-refractivity contribution is 0.349. The van der Waals surface area contributed by atoms with Gasteiger partial charge in [0.15, 0.2) is 0 Å². The summed E-state index contributed by atoms with van der Waals surface area (Å²) in [5, 5.41) is 4.02. The summed E-state index contributed by atoms with van der Waals surface area (Å²) >= 11 is 3.44. The van der Waals surface area contributed by atoms with Gasteiger partial charge in [-0.2, -0.15) is 4.98 Å². The topological polar surface area (TPSA) is 64.9 Å². The Balaban J connectivity index is 1.68. The van der Waals surface area contributed by atoms with Crippen molar-refractivity contribution in [2.24, 2.45) is 5.73 Å². The second-order valence-corrected chi connectivity index (χ2v) is 6.01. The van der Waals surface area contributed by atoms with Gasteiger partial charge < -0.3 is 10.3 Å². The highest BCUT2D eigenvalue weighted by molar-refractivity contribution is 9.10. The molecule has 0 unspecified atom stereocenters. The van der Waals surface area contributed by atoms with E-state index in [-0.39, 0.29) is 6.04 Å². The maximum Gasteiger partial charge on any atom is 0.243 e. The van der Waals surface area contributed by atoms with Gasteiger partial charge in [0, 0.05) is 10.0 Å². The van der Waals surface area contributed by atoms with Crippen molar-refractivity contribution in [2.45, 2.75) is 18.9 Å². The van der Waals surface area contributed by atoms with Crippen LogP contribution in [0.4, 0.5) is 0 Å². The van der Waals surface area contributed by atoms with E-state index in [0.717, 1.165) is 22.9 Å². The molecule has 0 spiro atoms. The molecule has 0 radical (unpaired) electrons. The fourth-order valence-electron chi connectivity index (χ4n) is 2.22. The number of hydrogen-bond acceptors (Lipinski definition) is 4. The summed E-state index contributed by atoms with van der Waals surface area (Å²) in [6.07, 6.45) is 1.65. The molecule has 0 saturated heterocycles. The summed E-state index contributed by atoms with van der Waals surface area (Å²) in [5.74, 6) is 1.04. The van der Waals surface area contributed by atoms with Crippen LogP contribution in [0.3, 0.4) is 0 Å². The molecule has 1 aromatic heterocycles. The Hall–Kier alpha value is -1.98. The second kappa shape index (κ2) is 6.85. The molecule has 1 heterocycles. The minimum atomic E-state index is -0.256. The molecular formula is C17H16BrN3O. The van der Waals surface area contributed by atoms with Crippen LogP contribution in [0.2, 0.25) is 0 Å². The second-order valence-electron chi connectivity index (χ2n) is 5.10. The van der Waals surface area contributed by atoms with Crippen LogP contribution in [0.1, 0.15) is 23.9 Å².